The van der Waals surface area contributed by atoms with Gasteiger partial charge >= 0.3 is 0 Å². The fraction of sp³-hybridized carbons (Fsp3) is 0.900. The van der Waals surface area contributed by atoms with Crippen LogP contribution < -0.4 is 10.7 Å². The second-order valence-corrected chi connectivity index (χ2v) is 5.17. The van der Waals surface area contributed by atoms with Crippen molar-refractivity contribution in [3.63, 3.8) is 0 Å². The molecule has 80 valence electrons. The lowest BCUT2D eigenvalue weighted by molar-refractivity contribution is 0.342. The molecule has 3 nitrogen and oxygen atoms in total. The van der Waals surface area contributed by atoms with Crippen LogP contribution in [0.3, 0.4) is 0 Å². The van der Waals surface area contributed by atoms with E-state index in [0.717, 1.165) is 16.9 Å². The first-order valence-corrected chi connectivity index (χ1v) is 5.80. The van der Waals surface area contributed by atoms with E-state index in [2.05, 4.69) is 10.7 Å². The summed E-state index contributed by atoms with van der Waals surface area (Å²) < 4.78 is 0. The zero-order valence-corrected chi connectivity index (χ0v) is 9.73. The second kappa shape index (κ2) is 4.03. The molecule has 0 heterocycles. The molecule has 0 unspecified atom stereocenters. The first-order chi connectivity index (χ1) is 6.65. The smallest absolute Gasteiger partial charge is 0.181 e. The average Bonchev–Trinajstić information content (AvgIpc) is 2.62. The van der Waals surface area contributed by atoms with Gasteiger partial charge in [-0.3, -0.25) is 5.43 Å². The zero-order valence-electron chi connectivity index (χ0n) is 8.92. The number of rotatable bonds is 2. The van der Waals surface area contributed by atoms with Crippen molar-refractivity contribution in [1.29, 1.82) is 0 Å². The lowest BCUT2D eigenvalue weighted by atomic mass is 9.96. The van der Waals surface area contributed by atoms with Gasteiger partial charge in [0.25, 0.3) is 0 Å². The highest BCUT2D eigenvalue weighted by Crippen LogP contribution is 2.44. The Balaban J connectivity index is 1.78. The van der Waals surface area contributed by atoms with Gasteiger partial charge in [0.15, 0.2) is 5.11 Å². The summed E-state index contributed by atoms with van der Waals surface area (Å²) in [5.74, 6) is 1.85. The maximum absolute atomic E-state index is 5.22. The standard InChI is InChI=1S/C10H19N3S/c1-13(2)12-10(14)11-9-6-7-3-4-8(9)5-7/h7-9H,3-6H2,1-2H3,(H2,11,12,14)/t7-,8-,9-/m0/s1. The van der Waals surface area contributed by atoms with Gasteiger partial charge in [0.05, 0.1) is 0 Å². The van der Waals surface area contributed by atoms with Gasteiger partial charge in [-0.05, 0) is 43.3 Å². The molecule has 2 bridgehead atoms. The third-order valence-electron chi connectivity index (χ3n) is 3.38. The summed E-state index contributed by atoms with van der Waals surface area (Å²) in [6.07, 6.45) is 5.58. The van der Waals surface area contributed by atoms with E-state index in [4.69, 9.17) is 12.2 Å². The van der Waals surface area contributed by atoms with Gasteiger partial charge in [0, 0.05) is 20.1 Å². The van der Waals surface area contributed by atoms with Crippen LogP contribution in [0, 0.1) is 11.8 Å². The summed E-state index contributed by atoms with van der Waals surface area (Å²) in [5.41, 5.74) is 3.08. The zero-order chi connectivity index (χ0) is 10.1. The van der Waals surface area contributed by atoms with Crippen LogP contribution in [0.4, 0.5) is 0 Å². The Morgan fingerprint density at radius 2 is 2.07 bits per heavy atom. The molecular formula is C10H19N3S. The van der Waals surface area contributed by atoms with Gasteiger partial charge in [-0.2, -0.15) is 0 Å². The van der Waals surface area contributed by atoms with Crippen molar-refractivity contribution < 1.29 is 0 Å². The maximum atomic E-state index is 5.22. The molecule has 2 saturated carbocycles. The van der Waals surface area contributed by atoms with E-state index in [0.29, 0.717) is 6.04 Å². The third-order valence-corrected chi connectivity index (χ3v) is 3.59. The predicted molar refractivity (Wildman–Crippen MR) is 61.8 cm³/mol. The lowest BCUT2D eigenvalue weighted by Gasteiger charge is -2.25. The SMILES string of the molecule is CN(C)NC(=S)N[C@H]1C[C@H]2CC[C@H]1C2. The summed E-state index contributed by atoms with van der Waals surface area (Å²) in [4.78, 5) is 0. The second-order valence-electron chi connectivity index (χ2n) is 4.76. The molecule has 0 aliphatic heterocycles. The normalized spacial score (nSPS) is 34.9. The molecule has 2 rings (SSSR count). The van der Waals surface area contributed by atoms with Crippen LogP contribution in [0.5, 0.6) is 0 Å². The first-order valence-electron chi connectivity index (χ1n) is 5.39. The van der Waals surface area contributed by atoms with Crippen LogP contribution >= 0.6 is 12.2 Å². The summed E-state index contributed by atoms with van der Waals surface area (Å²) in [6, 6.07) is 0.633. The molecule has 2 aliphatic carbocycles. The molecule has 14 heavy (non-hydrogen) atoms. The molecule has 0 aromatic rings. The lowest BCUT2D eigenvalue weighted by Crippen LogP contribution is -2.48. The largest absolute Gasteiger partial charge is 0.359 e. The van der Waals surface area contributed by atoms with Crippen LogP contribution in [0.25, 0.3) is 0 Å². The van der Waals surface area contributed by atoms with Gasteiger partial charge in [-0.1, -0.05) is 6.42 Å². The van der Waals surface area contributed by atoms with Crippen molar-refractivity contribution >= 4 is 17.3 Å². The Morgan fingerprint density at radius 1 is 1.29 bits per heavy atom. The van der Waals surface area contributed by atoms with Gasteiger partial charge in [-0.25, -0.2) is 5.01 Å². The van der Waals surface area contributed by atoms with Crippen molar-refractivity contribution in [2.75, 3.05) is 14.1 Å². The summed E-state index contributed by atoms with van der Waals surface area (Å²) in [6.45, 7) is 0. The number of hydrogen-bond acceptors (Lipinski definition) is 2. The van der Waals surface area contributed by atoms with Crippen LogP contribution in [-0.4, -0.2) is 30.3 Å². The molecule has 0 aromatic heterocycles. The Morgan fingerprint density at radius 3 is 2.57 bits per heavy atom. The minimum atomic E-state index is 0.633. The van der Waals surface area contributed by atoms with E-state index in [-0.39, 0.29) is 0 Å². The Kier molecular flexibility index (Phi) is 2.93. The van der Waals surface area contributed by atoms with Crippen molar-refractivity contribution in [2.45, 2.75) is 31.7 Å². The van der Waals surface area contributed by atoms with Gasteiger partial charge < -0.3 is 5.32 Å². The summed E-state index contributed by atoms with van der Waals surface area (Å²) in [7, 11) is 3.91. The molecule has 2 N–H and O–H groups in total. The fourth-order valence-electron chi connectivity index (χ4n) is 2.83. The van der Waals surface area contributed by atoms with Gasteiger partial charge in [0.1, 0.15) is 0 Å². The molecule has 0 amide bonds. The van der Waals surface area contributed by atoms with Crippen LogP contribution in [-0.2, 0) is 0 Å². The molecule has 2 aliphatic rings. The predicted octanol–water partition coefficient (Wildman–Crippen LogP) is 1.12. The van der Waals surface area contributed by atoms with Gasteiger partial charge in [-0.15, -0.1) is 0 Å². The number of fused-ring (bicyclic) bond motifs is 2. The number of nitrogens with one attached hydrogen (secondary N) is 2. The molecular weight excluding hydrogens is 194 g/mol. The summed E-state index contributed by atoms with van der Waals surface area (Å²) in [5, 5.41) is 6.07. The molecule has 0 spiro atoms. The number of hydrogen-bond donors (Lipinski definition) is 2. The van der Waals surface area contributed by atoms with E-state index in [1.165, 1.54) is 25.7 Å². The minimum Gasteiger partial charge on any atom is -0.359 e. The topological polar surface area (TPSA) is 27.3 Å². The minimum absolute atomic E-state index is 0.633. The highest BCUT2D eigenvalue weighted by atomic mass is 32.1. The van der Waals surface area contributed by atoms with Crippen LogP contribution in [0.2, 0.25) is 0 Å². The number of thiocarbonyl (C=S) groups is 1. The Bertz CT molecular complexity index is 229. The van der Waals surface area contributed by atoms with E-state index in [9.17, 15) is 0 Å². The van der Waals surface area contributed by atoms with Crippen molar-refractivity contribution in [1.82, 2.24) is 15.8 Å². The van der Waals surface area contributed by atoms with Crippen molar-refractivity contribution in [3.05, 3.63) is 0 Å². The monoisotopic (exact) mass is 213 g/mol. The molecule has 0 aromatic carbocycles. The third kappa shape index (κ3) is 2.17. The van der Waals surface area contributed by atoms with Crippen molar-refractivity contribution in [2.24, 2.45) is 11.8 Å². The number of hydrazine groups is 1. The molecule has 0 radical (unpaired) electrons. The van der Waals surface area contributed by atoms with Crippen molar-refractivity contribution in [3.8, 4) is 0 Å². The van der Waals surface area contributed by atoms with Gasteiger partial charge in [0.2, 0.25) is 0 Å². The molecule has 2 fully saturated rings. The summed E-state index contributed by atoms with van der Waals surface area (Å²) >= 11 is 5.22. The van der Waals surface area contributed by atoms with E-state index >= 15 is 0 Å². The highest BCUT2D eigenvalue weighted by molar-refractivity contribution is 7.80. The molecule has 3 atom stereocenters. The Labute approximate surface area is 91.2 Å². The molecule has 0 saturated heterocycles. The fourth-order valence-corrected chi connectivity index (χ4v) is 3.16. The number of nitrogens with zero attached hydrogens (tertiary/aromatic N) is 1. The van der Waals surface area contributed by atoms with E-state index in [1.807, 2.05) is 19.1 Å². The van der Waals surface area contributed by atoms with Crippen LogP contribution in [0.15, 0.2) is 0 Å². The average molecular weight is 213 g/mol. The van der Waals surface area contributed by atoms with Crippen LogP contribution in [0.1, 0.15) is 25.7 Å². The quantitative estimate of drug-likeness (QED) is 0.531. The molecule has 4 heteroatoms. The van der Waals surface area contributed by atoms with E-state index in [1.54, 1.807) is 0 Å². The highest BCUT2D eigenvalue weighted by Gasteiger charge is 2.39. The Hall–Kier alpha value is -0.350. The maximum Gasteiger partial charge on any atom is 0.181 e. The van der Waals surface area contributed by atoms with E-state index < -0.39 is 0 Å². The first kappa shape index (κ1) is 10.2.